The van der Waals surface area contributed by atoms with Crippen molar-refractivity contribution in [3.05, 3.63) is 47.5 Å². The molecule has 1 aromatic carbocycles. The first kappa shape index (κ1) is 13.2. The molecule has 0 amide bonds. The predicted molar refractivity (Wildman–Crippen MR) is 75.2 cm³/mol. The fourth-order valence-corrected chi connectivity index (χ4v) is 2.69. The zero-order chi connectivity index (χ0) is 13.9. The number of nitrogens with zero attached hydrogens (tertiary/aromatic N) is 2. The van der Waals surface area contributed by atoms with Gasteiger partial charge in [0, 0.05) is 6.20 Å². The molecule has 1 saturated carbocycles. The lowest BCUT2D eigenvalue weighted by Gasteiger charge is -2.09. The highest BCUT2D eigenvalue weighted by atomic mass is 19.1. The van der Waals surface area contributed by atoms with Crippen LogP contribution in [0.2, 0.25) is 0 Å². The van der Waals surface area contributed by atoms with E-state index in [-0.39, 0.29) is 5.82 Å². The van der Waals surface area contributed by atoms with Crippen molar-refractivity contribution in [1.29, 1.82) is 0 Å². The smallest absolute Gasteiger partial charge is 0.132 e. The second kappa shape index (κ2) is 5.65. The number of benzene rings is 1. The van der Waals surface area contributed by atoms with E-state index in [0.717, 1.165) is 5.69 Å². The molecule has 1 aliphatic carbocycles. The van der Waals surface area contributed by atoms with Gasteiger partial charge >= 0.3 is 0 Å². The Morgan fingerprint density at radius 2 is 2.10 bits per heavy atom. The van der Waals surface area contributed by atoms with Crippen molar-refractivity contribution in [2.75, 3.05) is 0 Å². The maximum atomic E-state index is 13.2. The summed E-state index contributed by atoms with van der Waals surface area (Å²) in [5.41, 5.74) is 1.51. The Morgan fingerprint density at radius 1 is 1.30 bits per heavy atom. The van der Waals surface area contributed by atoms with Crippen LogP contribution in [-0.4, -0.2) is 9.78 Å². The number of aryl methyl sites for hydroxylation is 1. The van der Waals surface area contributed by atoms with Crippen LogP contribution in [-0.2, 0) is 6.61 Å². The fraction of sp³-hybridized carbons (Fsp3) is 0.438. The Bertz CT molecular complexity index is 588. The first-order valence-electron chi connectivity index (χ1n) is 7.15. The van der Waals surface area contributed by atoms with Crippen molar-refractivity contribution in [3.63, 3.8) is 0 Å². The summed E-state index contributed by atoms with van der Waals surface area (Å²) < 4.78 is 20.9. The number of ether oxygens (including phenoxy) is 1. The number of hydrogen-bond acceptors (Lipinski definition) is 2. The second-order valence-corrected chi connectivity index (χ2v) is 5.43. The second-order valence-electron chi connectivity index (χ2n) is 5.43. The van der Waals surface area contributed by atoms with E-state index < -0.39 is 0 Å². The van der Waals surface area contributed by atoms with E-state index in [1.54, 1.807) is 19.1 Å². The molecule has 0 N–H and O–H groups in total. The lowest BCUT2D eigenvalue weighted by Crippen LogP contribution is -2.06. The van der Waals surface area contributed by atoms with Gasteiger partial charge in [-0.2, -0.15) is 5.10 Å². The fourth-order valence-electron chi connectivity index (χ4n) is 2.69. The van der Waals surface area contributed by atoms with Crippen molar-refractivity contribution in [1.82, 2.24) is 9.78 Å². The van der Waals surface area contributed by atoms with Crippen LogP contribution < -0.4 is 4.74 Å². The normalized spacial score (nSPS) is 15.7. The van der Waals surface area contributed by atoms with E-state index in [4.69, 9.17) is 4.74 Å². The number of aromatic nitrogens is 2. The van der Waals surface area contributed by atoms with Gasteiger partial charge in [-0.3, -0.25) is 4.68 Å². The van der Waals surface area contributed by atoms with Gasteiger partial charge in [0.15, 0.2) is 0 Å². The molecule has 20 heavy (non-hydrogen) atoms. The van der Waals surface area contributed by atoms with E-state index in [0.29, 0.717) is 24.0 Å². The number of halogens is 1. The number of rotatable bonds is 4. The Labute approximate surface area is 118 Å². The van der Waals surface area contributed by atoms with Gasteiger partial charge in [0.25, 0.3) is 0 Å². The van der Waals surface area contributed by atoms with Crippen LogP contribution in [0.4, 0.5) is 4.39 Å². The van der Waals surface area contributed by atoms with Crippen molar-refractivity contribution in [2.24, 2.45) is 0 Å². The van der Waals surface area contributed by atoms with Gasteiger partial charge in [-0.25, -0.2) is 4.39 Å². The zero-order valence-electron chi connectivity index (χ0n) is 11.7. The minimum absolute atomic E-state index is 0.206. The highest BCUT2D eigenvalue weighted by molar-refractivity contribution is 5.28. The van der Waals surface area contributed by atoms with Crippen molar-refractivity contribution < 1.29 is 9.13 Å². The summed E-state index contributed by atoms with van der Waals surface area (Å²) in [5.74, 6) is 0.474. The maximum Gasteiger partial charge on any atom is 0.132 e. The topological polar surface area (TPSA) is 27.1 Å². The molecule has 0 saturated heterocycles. The van der Waals surface area contributed by atoms with Gasteiger partial charge in [0.05, 0.1) is 11.7 Å². The number of hydrogen-bond donors (Lipinski definition) is 0. The van der Waals surface area contributed by atoms with E-state index >= 15 is 0 Å². The summed E-state index contributed by atoms with van der Waals surface area (Å²) in [5, 5.41) is 4.56. The molecule has 0 atom stereocenters. The molecule has 1 heterocycles. The lowest BCUT2D eigenvalue weighted by molar-refractivity contribution is 0.297. The van der Waals surface area contributed by atoms with Crippen LogP contribution in [0, 0.1) is 12.7 Å². The van der Waals surface area contributed by atoms with E-state index in [1.165, 1.54) is 31.7 Å². The Morgan fingerprint density at radius 3 is 2.85 bits per heavy atom. The van der Waals surface area contributed by atoms with Gasteiger partial charge in [0.1, 0.15) is 18.2 Å². The summed E-state index contributed by atoms with van der Waals surface area (Å²) in [6, 6.07) is 7.34. The van der Waals surface area contributed by atoms with Gasteiger partial charge in [-0.1, -0.05) is 12.8 Å². The summed E-state index contributed by atoms with van der Waals surface area (Å²) in [7, 11) is 0. The zero-order valence-corrected chi connectivity index (χ0v) is 11.7. The minimum atomic E-state index is -0.206. The monoisotopic (exact) mass is 274 g/mol. The molecule has 1 fully saturated rings. The summed E-state index contributed by atoms with van der Waals surface area (Å²) in [4.78, 5) is 0. The van der Waals surface area contributed by atoms with Crippen molar-refractivity contribution >= 4 is 0 Å². The van der Waals surface area contributed by atoms with Crippen molar-refractivity contribution in [3.8, 4) is 5.75 Å². The molecule has 2 aromatic rings. The molecule has 3 nitrogen and oxygen atoms in total. The standard InChI is InChI=1S/C16H19FN2O/c1-12-10-15(6-7-16(12)17)20-11-13-8-9-19(18-13)14-4-2-3-5-14/h6-10,14H,2-5,11H2,1H3. The molecule has 4 heteroatoms. The highest BCUT2D eigenvalue weighted by Gasteiger charge is 2.17. The Balaban J connectivity index is 1.61. The van der Waals surface area contributed by atoms with Gasteiger partial charge < -0.3 is 4.74 Å². The first-order valence-corrected chi connectivity index (χ1v) is 7.15. The highest BCUT2D eigenvalue weighted by Crippen LogP contribution is 2.28. The van der Waals surface area contributed by atoms with Gasteiger partial charge in [0.2, 0.25) is 0 Å². The first-order chi connectivity index (χ1) is 9.72. The molecule has 0 unspecified atom stereocenters. The average Bonchev–Trinajstić information content (AvgIpc) is 3.09. The molecule has 0 radical (unpaired) electrons. The molecule has 3 rings (SSSR count). The third kappa shape index (κ3) is 2.84. The van der Waals surface area contributed by atoms with Crippen LogP contribution in [0.1, 0.15) is 43.0 Å². The Kier molecular flexibility index (Phi) is 3.72. The summed E-state index contributed by atoms with van der Waals surface area (Å²) in [6.45, 7) is 2.15. The van der Waals surface area contributed by atoms with Crippen molar-refractivity contribution in [2.45, 2.75) is 45.3 Å². The minimum Gasteiger partial charge on any atom is -0.487 e. The summed E-state index contributed by atoms with van der Waals surface area (Å²) >= 11 is 0. The third-order valence-electron chi connectivity index (χ3n) is 3.88. The predicted octanol–water partition coefficient (Wildman–Crippen LogP) is 4.02. The summed E-state index contributed by atoms with van der Waals surface area (Å²) in [6.07, 6.45) is 7.07. The molecule has 0 bridgehead atoms. The SMILES string of the molecule is Cc1cc(OCc2ccn(C3CCCC3)n2)ccc1F. The molecule has 0 spiro atoms. The largest absolute Gasteiger partial charge is 0.487 e. The van der Waals surface area contributed by atoms with Crippen LogP contribution in [0.25, 0.3) is 0 Å². The van der Waals surface area contributed by atoms with Gasteiger partial charge in [-0.05, 0) is 49.6 Å². The average molecular weight is 274 g/mol. The molecule has 0 aliphatic heterocycles. The van der Waals surface area contributed by atoms with E-state index in [2.05, 4.69) is 9.78 Å². The van der Waals surface area contributed by atoms with E-state index in [9.17, 15) is 4.39 Å². The molecular formula is C16H19FN2O. The van der Waals surface area contributed by atoms with E-state index in [1.807, 2.05) is 12.3 Å². The lowest BCUT2D eigenvalue weighted by atomic mass is 10.2. The van der Waals surface area contributed by atoms with Crippen LogP contribution in [0.5, 0.6) is 5.75 Å². The Hall–Kier alpha value is -1.84. The molecule has 1 aliphatic rings. The van der Waals surface area contributed by atoms with Crippen LogP contribution in [0.15, 0.2) is 30.5 Å². The molecule has 1 aromatic heterocycles. The third-order valence-corrected chi connectivity index (χ3v) is 3.88. The molecular weight excluding hydrogens is 255 g/mol. The molecule has 106 valence electrons. The van der Waals surface area contributed by atoms with Crippen LogP contribution >= 0.6 is 0 Å². The van der Waals surface area contributed by atoms with Gasteiger partial charge in [-0.15, -0.1) is 0 Å². The quantitative estimate of drug-likeness (QED) is 0.841. The van der Waals surface area contributed by atoms with Crippen LogP contribution in [0.3, 0.4) is 0 Å². The maximum absolute atomic E-state index is 13.2.